The number of amides is 2. The summed E-state index contributed by atoms with van der Waals surface area (Å²) in [5.41, 5.74) is 9.82. The number of hydrogen-bond acceptors (Lipinski definition) is 3. The summed E-state index contributed by atoms with van der Waals surface area (Å²) in [6, 6.07) is 6.70. The van der Waals surface area contributed by atoms with Gasteiger partial charge in [0.15, 0.2) is 5.75 Å². The average molecular weight is 421 g/mol. The molecule has 7 heteroatoms. The quantitative estimate of drug-likeness (QED) is 0.626. The van der Waals surface area contributed by atoms with Crippen LogP contribution in [0.5, 0.6) is 5.75 Å². The Kier molecular flexibility index (Phi) is 5.27. The monoisotopic (exact) mass is 421 g/mol. The van der Waals surface area contributed by atoms with Crippen LogP contribution in [-0.4, -0.2) is 29.9 Å². The van der Waals surface area contributed by atoms with Gasteiger partial charge in [-0.05, 0) is 49.6 Å². The highest BCUT2D eigenvalue weighted by Gasteiger charge is 2.27. The molecule has 0 saturated carbocycles. The van der Waals surface area contributed by atoms with Gasteiger partial charge in [-0.25, -0.2) is 4.39 Å². The Hall–Kier alpha value is -3.61. The predicted octanol–water partition coefficient (Wildman–Crippen LogP) is 3.92. The Balaban J connectivity index is 2.03. The van der Waals surface area contributed by atoms with Gasteiger partial charge in [0.2, 0.25) is 11.8 Å². The summed E-state index contributed by atoms with van der Waals surface area (Å²) in [5, 5.41) is 0.677. The van der Waals surface area contributed by atoms with Crippen LogP contribution in [0.1, 0.15) is 23.2 Å². The number of hydrogen-bond donors (Lipinski definition) is 2. The van der Waals surface area contributed by atoms with E-state index in [2.05, 4.69) is 11.6 Å². The maximum Gasteiger partial charge on any atom is 0.250 e. The van der Waals surface area contributed by atoms with E-state index in [9.17, 15) is 9.59 Å². The van der Waals surface area contributed by atoms with Gasteiger partial charge >= 0.3 is 0 Å². The first-order valence-electron chi connectivity index (χ1n) is 10.1. The van der Waals surface area contributed by atoms with Crippen molar-refractivity contribution in [2.75, 3.05) is 18.1 Å². The molecule has 160 valence electrons. The molecule has 3 aromatic rings. The van der Waals surface area contributed by atoms with Gasteiger partial charge in [0, 0.05) is 28.8 Å². The summed E-state index contributed by atoms with van der Waals surface area (Å²) in [7, 11) is 0. The molecule has 4 rings (SSSR count). The summed E-state index contributed by atoms with van der Waals surface area (Å²) in [5.74, 6) is -0.793. The minimum atomic E-state index is -0.533. The number of ether oxygens (including phenoxy) is 1. The number of halogens is 1. The van der Waals surface area contributed by atoms with E-state index in [1.165, 1.54) is 12.1 Å². The lowest BCUT2D eigenvalue weighted by Gasteiger charge is -2.22. The lowest BCUT2D eigenvalue weighted by Crippen LogP contribution is -2.29. The minimum Gasteiger partial charge on any atom is -0.491 e. The Labute approximate surface area is 179 Å². The maximum absolute atomic E-state index is 15.6. The van der Waals surface area contributed by atoms with Crippen molar-refractivity contribution in [3.63, 3.8) is 0 Å². The molecule has 2 aromatic carbocycles. The lowest BCUT2D eigenvalue weighted by molar-refractivity contribution is -0.117. The first-order valence-corrected chi connectivity index (χ1v) is 10.1. The number of carbonyl (C=O) groups excluding carboxylic acids is 2. The number of anilines is 1. The molecule has 2 amide bonds. The maximum atomic E-state index is 15.6. The molecule has 0 atom stereocenters. The standard InChI is InChI=1S/C24H24FN3O3/c1-4-20(30)28-9-6-10-31-24-16(7-5-8-18(24)28)22-17(25)11-15(12-19(26)29)23-21(22)13(2)14(3)27-23/h4-5,7-8,11,27H,1,6,9-10,12H2,2-3H3,(H2,26,29). The molecule has 1 aliphatic heterocycles. The summed E-state index contributed by atoms with van der Waals surface area (Å²) in [6.07, 6.45) is 1.84. The number of rotatable bonds is 4. The zero-order valence-electron chi connectivity index (χ0n) is 17.5. The second-order valence-corrected chi connectivity index (χ2v) is 7.71. The average Bonchev–Trinajstić information content (AvgIpc) is 2.91. The van der Waals surface area contributed by atoms with Crippen molar-refractivity contribution in [3.05, 3.63) is 59.6 Å². The van der Waals surface area contributed by atoms with Gasteiger partial charge in [-0.15, -0.1) is 0 Å². The number of nitrogens with zero attached hydrogens (tertiary/aromatic N) is 1. The molecule has 0 bridgehead atoms. The van der Waals surface area contributed by atoms with Gasteiger partial charge in [-0.2, -0.15) is 0 Å². The Morgan fingerprint density at radius 2 is 2.13 bits per heavy atom. The van der Waals surface area contributed by atoms with Gasteiger partial charge in [-0.3, -0.25) is 9.59 Å². The van der Waals surface area contributed by atoms with E-state index in [4.69, 9.17) is 10.5 Å². The number of fused-ring (bicyclic) bond motifs is 2. The fourth-order valence-electron chi connectivity index (χ4n) is 4.22. The molecule has 0 fully saturated rings. The molecule has 1 aromatic heterocycles. The van der Waals surface area contributed by atoms with Crippen LogP contribution in [0.2, 0.25) is 0 Å². The van der Waals surface area contributed by atoms with Crippen LogP contribution in [0, 0.1) is 19.7 Å². The van der Waals surface area contributed by atoms with Crippen molar-refractivity contribution in [1.82, 2.24) is 4.98 Å². The zero-order valence-corrected chi connectivity index (χ0v) is 17.5. The van der Waals surface area contributed by atoms with Crippen LogP contribution in [0.15, 0.2) is 36.9 Å². The van der Waals surface area contributed by atoms with Crippen LogP contribution in [-0.2, 0) is 16.0 Å². The van der Waals surface area contributed by atoms with Crippen molar-refractivity contribution >= 4 is 28.4 Å². The van der Waals surface area contributed by atoms with Crippen molar-refractivity contribution in [1.29, 1.82) is 0 Å². The van der Waals surface area contributed by atoms with Crippen molar-refractivity contribution in [2.45, 2.75) is 26.7 Å². The van der Waals surface area contributed by atoms with Crippen LogP contribution < -0.4 is 15.4 Å². The second kappa shape index (κ2) is 7.91. The second-order valence-electron chi connectivity index (χ2n) is 7.71. The van der Waals surface area contributed by atoms with Gasteiger partial charge in [0.1, 0.15) is 5.82 Å². The molecular weight excluding hydrogens is 397 g/mol. The topological polar surface area (TPSA) is 88.4 Å². The zero-order chi connectivity index (χ0) is 22.3. The highest BCUT2D eigenvalue weighted by Crippen LogP contribution is 2.45. The number of primary amides is 1. The molecule has 0 spiro atoms. The molecule has 0 saturated heterocycles. The fraction of sp³-hybridized carbons (Fsp3) is 0.250. The molecule has 2 heterocycles. The largest absolute Gasteiger partial charge is 0.491 e. The SMILES string of the molecule is C=CC(=O)N1CCCOc2c(-c3c(F)cc(CC(N)=O)c4[nH]c(C)c(C)c34)cccc21. The summed E-state index contributed by atoms with van der Waals surface area (Å²) >= 11 is 0. The molecule has 0 aliphatic carbocycles. The summed E-state index contributed by atoms with van der Waals surface area (Å²) in [6.45, 7) is 8.28. The Bertz CT molecular complexity index is 1230. The number of nitrogens with two attached hydrogens (primary N) is 1. The lowest BCUT2D eigenvalue weighted by atomic mass is 9.93. The van der Waals surface area contributed by atoms with E-state index < -0.39 is 11.7 Å². The van der Waals surface area contributed by atoms with E-state index in [0.29, 0.717) is 58.6 Å². The summed E-state index contributed by atoms with van der Waals surface area (Å²) in [4.78, 5) is 28.9. The van der Waals surface area contributed by atoms with E-state index in [0.717, 1.165) is 11.3 Å². The number of nitrogens with one attached hydrogen (secondary N) is 1. The molecule has 0 unspecified atom stereocenters. The molecule has 0 radical (unpaired) electrons. The first-order chi connectivity index (χ1) is 14.8. The van der Waals surface area contributed by atoms with Crippen LogP contribution >= 0.6 is 0 Å². The van der Waals surface area contributed by atoms with Crippen LogP contribution in [0.3, 0.4) is 0 Å². The van der Waals surface area contributed by atoms with Crippen LogP contribution in [0.25, 0.3) is 22.0 Å². The third-order valence-corrected chi connectivity index (χ3v) is 5.74. The Morgan fingerprint density at radius 1 is 1.35 bits per heavy atom. The predicted molar refractivity (Wildman–Crippen MR) is 119 cm³/mol. The number of aromatic nitrogens is 1. The van der Waals surface area contributed by atoms with Crippen molar-refractivity contribution < 1.29 is 18.7 Å². The van der Waals surface area contributed by atoms with Gasteiger partial charge in [-0.1, -0.05) is 18.7 Å². The molecule has 3 N–H and O–H groups in total. The van der Waals surface area contributed by atoms with E-state index >= 15 is 4.39 Å². The number of benzene rings is 2. The third kappa shape index (κ3) is 3.46. The number of H-pyrrole nitrogens is 1. The first kappa shape index (κ1) is 20.7. The van der Waals surface area contributed by atoms with E-state index in [1.54, 1.807) is 23.1 Å². The van der Waals surface area contributed by atoms with E-state index in [1.807, 2.05) is 13.8 Å². The molecule has 1 aliphatic rings. The number of aryl methyl sites for hydroxylation is 2. The normalized spacial score (nSPS) is 13.5. The minimum absolute atomic E-state index is 0.0713. The van der Waals surface area contributed by atoms with Crippen molar-refractivity contribution in [2.24, 2.45) is 5.73 Å². The Morgan fingerprint density at radius 3 is 2.84 bits per heavy atom. The van der Waals surface area contributed by atoms with Crippen LogP contribution in [0.4, 0.5) is 10.1 Å². The number of aromatic amines is 1. The van der Waals surface area contributed by atoms with Gasteiger partial charge in [0.25, 0.3) is 0 Å². The fourth-order valence-corrected chi connectivity index (χ4v) is 4.22. The molecule has 31 heavy (non-hydrogen) atoms. The highest BCUT2D eigenvalue weighted by atomic mass is 19.1. The molecule has 6 nitrogen and oxygen atoms in total. The smallest absolute Gasteiger partial charge is 0.250 e. The number of para-hydroxylation sites is 1. The summed E-state index contributed by atoms with van der Waals surface area (Å²) < 4.78 is 21.6. The number of carbonyl (C=O) groups is 2. The van der Waals surface area contributed by atoms with Crippen molar-refractivity contribution in [3.8, 4) is 16.9 Å². The molecular formula is C24H24FN3O3. The van der Waals surface area contributed by atoms with Gasteiger partial charge < -0.3 is 20.4 Å². The third-order valence-electron chi connectivity index (χ3n) is 5.74. The van der Waals surface area contributed by atoms with Gasteiger partial charge in [0.05, 0.1) is 24.2 Å². The highest BCUT2D eigenvalue weighted by molar-refractivity contribution is 6.06. The van der Waals surface area contributed by atoms with E-state index in [-0.39, 0.29) is 12.3 Å².